The van der Waals surface area contributed by atoms with Crippen molar-refractivity contribution in [3.63, 3.8) is 0 Å². The van der Waals surface area contributed by atoms with E-state index in [0.29, 0.717) is 6.54 Å². The molecule has 0 heterocycles. The zero-order valence-electron chi connectivity index (χ0n) is 11.4. The first kappa shape index (κ1) is 14.9. The highest BCUT2D eigenvalue weighted by Gasteiger charge is 2.07. The molecule has 0 aliphatic rings. The normalized spacial score (nSPS) is 10.3. The second-order valence-electron chi connectivity index (χ2n) is 4.47. The van der Waals surface area contributed by atoms with Gasteiger partial charge in [0.25, 0.3) is 0 Å². The summed E-state index contributed by atoms with van der Waals surface area (Å²) in [6.07, 6.45) is 0. The van der Waals surface area contributed by atoms with Gasteiger partial charge in [-0.3, -0.25) is 0 Å². The maximum absolute atomic E-state index is 9.25. The quantitative estimate of drug-likeness (QED) is 0.877. The minimum atomic E-state index is 0.128. The van der Waals surface area contributed by atoms with E-state index in [2.05, 4.69) is 33.0 Å². The minimum absolute atomic E-state index is 0.128. The largest absolute Gasteiger partial charge is 0.497 e. The first-order valence-electron chi connectivity index (χ1n) is 6.47. The number of ether oxygens (including phenoxy) is 1. The van der Waals surface area contributed by atoms with Gasteiger partial charge < -0.3 is 14.7 Å². The lowest BCUT2D eigenvalue weighted by molar-refractivity contribution is 0.301. The second kappa shape index (κ2) is 7.31. The molecule has 1 N–H and O–H groups in total. The number of halogens is 1. The Morgan fingerprint density at radius 1 is 1.05 bits per heavy atom. The summed E-state index contributed by atoms with van der Waals surface area (Å²) in [6, 6.07) is 16.1. The van der Waals surface area contributed by atoms with Crippen LogP contribution in [0.25, 0.3) is 0 Å². The molecular formula is C16H18BrNO2. The molecule has 106 valence electrons. The lowest BCUT2D eigenvalue weighted by atomic mass is 10.2. The third kappa shape index (κ3) is 3.99. The molecule has 0 spiro atoms. The smallest absolute Gasteiger partial charge is 0.119 e. The fourth-order valence-corrected chi connectivity index (χ4v) is 2.29. The van der Waals surface area contributed by atoms with Crippen molar-refractivity contribution < 1.29 is 9.84 Å². The van der Waals surface area contributed by atoms with Crippen LogP contribution in [-0.4, -0.2) is 25.4 Å². The number of benzene rings is 2. The lowest BCUT2D eigenvalue weighted by Gasteiger charge is -2.24. The maximum Gasteiger partial charge on any atom is 0.119 e. The number of rotatable bonds is 6. The molecule has 2 rings (SSSR count). The Labute approximate surface area is 127 Å². The van der Waals surface area contributed by atoms with Gasteiger partial charge in [0.2, 0.25) is 0 Å². The predicted octanol–water partition coefficient (Wildman–Crippen LogP) is 3.46. The Morgan fingerprint density at radius 3 is 2.25 bits per heavy atom. The monoisotopic (exact) mass is 335 g/mol. The molecule has 0 atom stereocenters. The van der Waals surface area contributed by atoms with Gasteiger partial charge >= 0.3 is 0 Å². The van der Waals surface area contributed by atoms with Crippen molar-refractivity contribution in [1.29, 1.82) is 0 Å². The van der Waals surface area contributed by atoms with Crippen molar-refractivity contribution >= 4 is 21.6 Å². The Balaban J connectivity index is 2.14. The maximum atomic E-state index is 9.25. The van der Waals surface area contributed by atoms with E-state index in [1.54, 1.807) is 7.11 Å². The first-order valence-corrected chi connectivity index (χ1v) is 7.26. The summed E-state index contributed by atoms with van der Waals surface area (Å²) in [5.74, 6) is 0.835. The van der Waals surface area contributed by atoms with Crippen molar-refractivity contribution in [1.82, 2.24) is 0 Å². The van der Waals surface area contributed by atoms with Crippen LogP contribution in [0.15, 0.2) is 53.0 Å². The van der Waals surface area contributed by atoms with Gasteiger partial charge in [0, 0.05) is 23.2 Å². The van der Waals surface area contributed by atoms with Gasteiger partial charge in [0.1, 0.15) is 5.75 Å². The Hall–Kier alpha value is -1.52. The van der Waals surface area contributed by atoms with E-state index in [1.165, 1.54) is 5.56 Å². The molecule has 0 radical (unpaired) electrons. The fraction of sp³-hybridized carbons (Fsp3) is 0.250. The molecule has 0 unspecified atom stereocenters. The van der Waals surface area contributed by atoms with E-state index in [0.717, 1.165) is 22.5 Å². The average Bonchev–Trinajstić information content (AvgIpc) is 2.49. The average molecular weight is 336 g/mol. The molecule has 20 heavy (non-hydrogen) atoms. The number of aliphatic hydroxyl groups is 1. The molecule has 0 aliphatic heterocycles. The summed E-state index contributed by atoms with van der Waals surface area (Å²) in [5.41, 5.74) is 2.28. The Bertz CT molecular complexity index is 525. The zero-order valence-corrected chi connectivity index (χ0v) is 13.0. The van der Waals surface area contributed by atoms with Crippen molar-refractivity contribution in [2.24, 2.45) is 0 Å². The third-order valence-electron chi connectivity index (χ3n) is 3.09. The number of hydrogen-bond acceptors (Lipinski definition) is 3. The van der Waals surface area contributed by atoms with Crippen molar-refractivity contribution in [3.05, 3.63) is 58.6 Å². The van der Waals surface area contributed by atoms with Crippen LogP contribution >= 0.6 is 15.9 Å². The summed E-state index contributed by atoms with van der Waals surface area (Å²) in [4.78, 5) is 2.14. The highest BCUT2D eigenvalue weighted by molar-refractivity contribution is 9.10. The Morgan fingerprint density at radius 2 is 1.70 bits per heavy atom. The minimum Gasteiger partial charge on any atom is -0.497 e. The van der Waals surface area contributed by atoms with Crippen LogP contribution in [0.2, 0.25) is 0 Å². The van der Waals surface area contributed by atoms with Crippen LogP contribution in [0, 0.1) is 0 Å². The highest BCUT2D eigenvalue weighted by Crippen LogP contribution is 2.21. The fourth-order valence-electron chi connectivity index (χ4n) is 2.02. The van der Waals surface area contributed by atoms with Gasteiger partial charge in [0.05, 0.1) is 13.7 Å². The van der Waals surface area contributed by atoms with Gasteiger partial charge in [-0.2, -0.15) is 0 Å². The standard InChI is InChI=1S/C16H18BrNO2/c1-20-16-8-6-15(7-9-16)18(10-11-19)12-13-2-4-14(17)5-3-13/h2-9,19H,10-12H2,1H3. The van der Waals surface area contributed by atoms with Crippen molar-refractivity contribution in [2.75, 3.05) is 25.2 Å². The van der Waals surface area contributed by atoms with E-state index in [4.69, 9.17) is 4.74 Å². The number of nitrogens with zero attached hydrogens (tertiary/aromatic N) is 1. The molecule has 0 aliphatic carbocycles. The molecule has 0 fully saturated rings. The summed E-state index contributed by atoms with van der Waals surface area (Å²) in [5, 5.41) is 9.25. The summed E-state index contributed by atoms with van der Waals surface area (Å²) >= 11 is 3.44. The topological polar surface area (TPSA) is 32.7 Å². The zero-order chi connectivity index (χ0) is 14.4. The van der Waals surface area contributed by atoms with E-state index in [1.807, 2.05) is 36.4 Å². The number of hydrogen-bond donors (Lipinski definition) is 1. The number of methoxy groups -OCH3 is 1. The van der Waals surface area contributed by atoms with Crippen LogP contribution in [0.1, 0.15) is 5.56 Å². The summed E-state index contributed by atoms with van der Waals surface area (Å²) in [7, 11) is 1.66. The van der Waals surface area contributed by atoms with Gasteiger partial charge in [-0.15, -0.1) is 0 Å². The van der Waals surface area contributed by atoms with Crippen LogP contribution in [0.5, 0.6) is 5.75 Å². The summed E-state index contributed by atoms with van der Waals surface area (Å²) < 4.78 is 6.24. The van der Waals surface area contributed by atoms with Crippen LogP contribution in [-0.2, 0) is 6.54 Å². The van der Waals surface area contributed by atoms with Crippen molar-refractivity contribution in [3.8, 4) is 5.75 Å². The molecule has 0 saturated heterocycles. The lowest BCUT2D eigenvalue weighted by Crippen LogP contribution is -2.25. The van der Waals surface area contributed by atoms with Crippen molar-refractivity contribution in [2.45, 2.75) is 6.54 Å². The predicted molar refractivity (Wildman–Crippen MR) is 85.3 cm³/mol. The Kier molecular flexibility index (Phi) is 5.44. The molecule has 0 aromatic heterocycles. The van der Waals surface area contributed by atoms with E-state index < -0.39 is 0 Å². The van der Waals surface area contributed by atoms with Gasteiger partial charge in [-0.1, -0.05) is 28.1 Å². The highest BCUT2D eigenvalue weighted by atomic mass is 79.9. The molecule has 0 saturated carbocycles. The van der Waals surface area contributed by atoms with Crippen LogP contribution in [0.4, 0.5) is 5.69 Å². The number of anilines is 1. The van der Waals surface area contributed by atoms with E-state index in [9.17, 15) is 5.11 Å². The van der Waals surface area contributed by atoms with E-state index >= 15 is 0 Å². The SMILES string of the molecule is COc1ccc(N(CCO)Cc2ccc(Br)cc2)cc1. The van der Waals surface area contributed by atoms with Crippen LogP contribution < -0.4 is 9.64 Å². The van der Waals surface area contributed by atoms with E-state index in [-0.39, 0.29) is 6.61 Å². The molecule has 3 nitrogen and oxygen atoms in total. The molecule has 0 amide bonds. The molecular weight excluding hydrogens is 318 g/mol. The third-order valence-corrected chi connectivity index (χ3v) is 3.62. The first-order chi connectivity index (χ1) is 9.72. The van der Waals surface area contributed by atoms with Gasteiger partial charge in [0.15, 0.2) is 0 Å². The molecule has 0 bridgehead atoms. The number of aliphatic hydroxyl groups excluding tert-OH is 1. The van der Waals surface area contributed by atoms with Crippen LogP contribution in [0.3, 0.4) is 0 Å². The second-order valence-corrected chi connectivity index (χ2v) is 5.39. The molecule has 2 aromatic rings. The molecule has 2 aromatic carbocycles. The van der Waals surface area contributed by atoms with Gasteiger partial charge in [-0.05, 0) is 42.0 Å². The molecule has 4 heteroatoms. The summed E-state index contributed by atoms with van der Waals surface area (Å²) in [6.45, 7) is 1.49. The van der Waals surface area contributed by atoms with Gasteiger partial charge in [-0.25, -0.2) is 0 Å².